The van der Waals surface area contributed by atoms with Gasteiger partial charge in [-0.1, -0.05) is 26.2 Å². The summed E-state index contributed by atoms with van der Waals surface area (Å²) in [6.07, 6.45) is 6.24. The van der Waals surface area contributed by atoms with Crippen LogP contribution in [-0.4, -0.2) is 46.9 Å². The molecule has 7 heteroatoms. The maximum Gasteiger partial charge on any atom is 1.00 e. The van der Waals surface area contributed by atoms with Crippen LogP contribution in [0.2, 0.25) is 0 Å². The van der Waals surface area contributed by atoms with Crippen LogP contribution < -0.4 is 34.7 Å². The zero-order valence-electron chi connectivity index (χ0n) is 13.3. The van der Waals surface area contributed by atoms with E-state index in [2.05, 4.69) is 6.92 Å². The molecule has 0 aliphatic carbocycles. The number of carbonyl (C=O) groups excluding carboxylic acids is 2. The van der Waals surface area contributed by atoms with E-state index in [4.69, 9.17) is 0 Å². The number of unbranched alkanes of at least 4 members (excludes halogenated alkanes) is 3. The van der Waals surface area contributed by atoms with Crippen molar-refractivity contribution < 1.29 is 44.3 Å². The topological polar surface area (TPSA) is 63.7 Å². The summed E-state index contributed by atoms with van der Waals surface area (Å²) < 4.78 is 0. The average Bonchev–Trinajstić information content (AvgIpc) is 2.64. The molecule has 0 N–H and O–H groups in total. The van der Waals surface area contributed by atoms with Gasteiger partial charge in [0.05, 0.1) is 5.57 Å². The minimum Gasteiger partial charge on any atom is -0.877 e. The molecule has 0 unspecified atom stereocenters. The third-order valence-electron chi connectivity index (χ3n) is 3.27. The van der Waals surface area contributed by atoms with Gasteiger partial charge in [0.25, 0.3) is 11.8 Å². The Morgan fingerprint density at radius 2 is 1.76 bits per heavy atom. The van der Waals surface area contributed by atoms with Gasteiger partial charge in [-0.2, -0.15) is 11.8 Å². The van der Waals surface area contributed by atoms with Gasteiger partial charge in [0.15, 0.2) is 0 Å². The summed E-state index contributed by atoms with van der Waals surface area (Å²) in [5.41, 5.74) is -0.264. The molecular formula is C14H23N2NaO3S. The number of hydrogen-bond acceptors (Lipinski definition) is 4. The predicted octanol–water partition coefficient (Wildman–Crippen LogP) is -1.85. The Bertz CT molecular complexity index is 377. The molecule has 5 nitrogen and oxygen atoms in total. The Morgan fingerprint density at radius 3 is 2.33 bits per heavy atom. The van der Waals surface area contributed by atoms with E-state index in [1.165, 1.54) is 42.7 Å². The standard InChI is InChI=1S/C14H24N2O3S.Na/c1-3-4-5-6-9-20-10-7-8-16-14(19)12(11-17)13(18)15(16)2;/h11,17H,3-10H2,1-2H3;/q;+1/p-1/b12-11+;. The van der Waals surface area contributed by atoms with Crippen molar-refractivity contribution in [3.05, 3.63) is 11.8 Å². The second kappa shape index (κ2) is 11.4. The summed E-state index contributed by atoms with van der Waals surface area (Å²) in [4.78, 5) is 23.4. The van der Waals surface area contributed by atoms with E-state index in [-0.39, 0.29) is 35.1 Å². The first-order chi connectivity index (χ1) is 9.63. The fourth-order valence-corrected chi connectivity index (χ4v) is 3.00. The van der Waals surface area contributed by atoms with Gasteiger partial charge in [-0.05, 0) is 24.3 Å². The van der Waals surface area contributed by atoms with Gasteiger partial charge >= 0.3 is 29.6 Å². The first-order valence-electron chi connectivity index (χ1n) is 7.13. The maximum absolute atomic E-state index is 11.8. The van der Waals surface area contributed by atoms with Gasteiger partial charge in [-0.15, -0.1) is 6.26 Å². The largest absolute Gasteiger partial charge is 1.00 e. The van der Waals surface area contributed by atoms with E-state index < -0.39 is 11.8 Å². The second-order valence-electron chi connectivity index (χ2n) is 4.82. The number of carbonyl (C=O) groups is 2. The van der Waals surface area contributed by atoms with E-state index in [9.17, 15) is 14.7 Å². The summed E-state index contributed by atoms with van der Waals surface area (Å²) in [7, 11) is 1.52. The summed E-state index contributed by atoms with van der Waals surface area (Å²) >= 11 is 1.88. The van der Waals surface area contributed by atoms with Crippen LogP contribution in [0, 0.1) is 0 Å². The van der Waals surface area contributed by atoms with Crippen LogP contribution in [0.15, 0.2) is 11.8 Å². The van der Waals surface area contributed by atoms with Crippen molar-refractivity contribution in [1.82, 2.24) is 10.0 Å². The Kier molecular flexibility index (Phi) is 11.3. The summed E-state index contributed by atoms with van der Waals surface area (Å²) in [6.45, 7) is 2.68. The molecule has 0 bridgehead atoms. The van der Waals surface area contributed by atoms with Gasteiger partial charge in [-0.3, -0.25) is 14.6 Å². The number of nitrogens with zero attached hydrogens (tertiary/aromatic N) is 2. The maximum atomic E-state index is 11.8. The van der Waals surface area contributed by atoms with Crippen molar-refractivity contribution >= 4 is 23.6 Å². The van der Waals surface area contributed by atoms with E-state index in [1.807, 2.05) is 11.8 Å². The fraction of sp³-hybridized carbons (Fsp3) is 0.714. The quantitative estimate of drug-likeness (QED) is 0.164. The van der Waals surface area contributed by atoms with E-state index >= 15 is 0 Å². The molecule has 0 spiro atoms. The second-order valence-corrected chi connectivity index (χ2v) is 6.04. The number of hydrazine groups is 1. The molecule has 1 fully saturated rings. The number of hydrogen-bond donors (Lipinski definition) is 0. The third kappa shape index (κ3) is 6.22. The van der Waals surface area contributed by atoms with Crippen LogP contribution in [0.4, 0.5) is 0 Å². The number of amides is 2. The van der Waals surface area contributed by atoms with Gasteiger partial charge in [0.1, 0.15) is 0 Å². The van der Waals surface area contributed by atoms with Crippen molar-refractivity contribution in [2.45, 2.75) is 39.0 Å². The molecule has 0 aromatic carbocycles. The Hall–Kier alpha value is -0.170. The average molecular weight is 322 g/mol. The molecule has 114 valence electrons. The predicted molar refractivity (Wildman–Crippen MR) is 78.7 cm³/mol. The fourth-order valence-electron chi connectivity index (χ4n) is 2.05. The number of rotatable bonds is 9. The van der Waals surface area contributed by atoms with Gasteiger partial charge < -0.3 is 5.11 Å². The summed E-state index contributed by atoms with van der Waals surface area (Å²) in [5.74, 6) is 1.14. The molecule has 1 aliphatic heterocycles. The summed E-state index contributed by atoms with van der Waals surface area (Å²) in [6, 6.07) is 0. The minimum atomic E-state index is -0.503. The molecule has 0 aromatic heterocycles. The van der Waals surface area contributed by atoms with Gasteiger partial charge in [0.2, 0.25) is 0 Å². The molecule has 0 radical (unpaired) electrons. The monoisotopic (exact) mass is 322 g/mol. The first kappa shape index (κ1) is 20.8. The SMILES string of the molecule is CCCCCCSCCCN1C(=O)/C(=C/[O-])C(=O)N1C.[Na+]. The van der Waals surface area contributed by atoms with Crippen molar-refractivity contribution in [1.29, 1.82) is 0 Å². The van der Waals surface area contributed by atoms with Crippen molar-refractivity contribution in [3.8, 4) is 0 Å². The Morgan fingerprint density at radius 1 is 1.10 bits per heavy atom. The molecule has 0 atom stereocenters. The van der Waals surface area contributed by atoms with Crippen LogP contribution in [-0.2, 0) is 9.59 Å². The van der Waals surface area contributed by atoms with Crippen molar-refractivity contribution in [3.63, 3.8) is 0 Å². The molecule has 1 aliphatic rings. The van der Waals surface area contributed by atoms with Crippen LogP contribution in [0.3, 0.4) is 0 Å². The van der Waals surface area contributed by atoms with E-state index in [1.54, 1.807) is 0 Å². The molecule has 0 saturated carbocycles. The molecule has 1 heterocycles. The minimum absolute atomic E-state index is 0. The van der Waals surface area contributed by atoms with E-state index in [0.29, 0.717) is 12.8 Å². The zero-order chi connectivity index (χ0) is 15.0. The summed E-state index contributed by atoms with van der Waals surface area (Å²) in [5, 5.41) is 13.3. The van der Waals surface area contributed by atoms with Crippen molar-refractivity contribution in [2.75, 3.05) is 25.1 Å². The van der Waals surface area contributed by atoms with Crippen LogP contribution >= 0.6 is 11.8 Å². The molecule has 2 amide bonds. The Labute approximate surface area is 153 Å². The molecule has 21 heavy (non-hydrogen) atoms. The zero-order valence-corrected chi connectivity index (χ0v) is 16.1. The van der Waals surface area contributed by atoms with Crippen LogP contribution in [0.25, 0.3) is 0 Å². The van der Waals surface area contributed by atoms with Crippen LogP contribution in [0.1, 0.15) is 39.0 Å². The Balaban J connectivity index is 0.00000400. The first-order valence-corrected chi connectivity index (χ1v) is 8.28. The third-order valence-corrected chi connectivity index (χ3v) is 4.42. The normalized spacial score (nSPS) is 16.8. The van der Waals surface area contributed by atoms with Gasteiger partial charge in [-0.25, -0.2) is 5.01 Å². The number of thioether (sulfide) groups is 1. The smallest absolute Gasteiger partial charge is 0.877 e. The molecular weight excluding hydrogens is 299 g/mol. The number of likely N-dealkylation sites (N-methyl/N-ethyl adjacent to an activating group) is 1. The molecule has 1 rings (SSSR count). The van der Waals surface area contributed by atoms with E-state index in [0.717, 1.165) is 17.9 Å². The van der Waals surface area contributed by atoms with Crippen LogP contribution in [0.5, 0.6) is 0 Å². The van der Waals surface area contributed by atoms with Crippen molar-refractivity contribution in [2.24, 2.45) is 0 Å². The molecule has 1 saturated heterocycles. The molecule has 0 aromatic rings. The van der Waals surface area contributed by atoms with Gasteiger partial charge in [0, 0.05) is 13.6 Å².